The van der Waals surface area contributed by atoms with Gasteiger partial charge in [-0.05, 0) is 44.9 Å². The standard InChI is InChI=1S/C20H24N2O2/c1-14(2)21-20(24)17-6-4-5-7-18(17)22-19(23)13-12-16-10-8-15(3)9-11-16/h4-11,14H,12-13H2,1-3H3,(H,21,24)(H,22,23). The first-order valence-corrected chi connectivity index (χ1v) is 8.21. The van der Waals surface area contributed by atoms with Crippen molar-refractivity contribution < 1.29 is 9.59 Å². The molecule has 2 aromatic rings. The van der Waals surface area contributed by atoms with Crippen LogP contribution < -0.4 is 10.6 Å². The van der Waals surface area contributed by atoms with E-state index < -0.39 is 0 Å². The molecular formula is C20H24N2O2. The molecule has 0 fully saturated rings. The number of nitrogens with one attached hydrogen (secondary N) is 2. The van der Waals surface area contributed by atoms with Gasteiger partial charge >= 0.3 is 0 Å². The Labute approximate surface area is 143 Å². The molecule has 2 aromatic carbocycles. The van der Waals surface area contributed by atoms with Crippen LogP contribution >= 0.6 is 0 Å². The molecule has 4 nitrogen and oxygen atoms in total. The van der Waals surface area contributed by atoms with Gasteiger partial charge in [-0.2, -0.15) is 0 Å². The maximum absolute atomic E-state index is 12.2. The summed E-state index contributed by atoms with van der Waals surface area (Å²) >= 11 is 0. The maximum Gasteiger partial charge on any atom is 0.253 e. The zero-order chi connectivity index (χ0) is 17.5. The molecule has 0 bridgehead atoms. The van der Waals surface area contributed by atoms with E-state index >= 15 is 0 Å². The van der Waals surface area contributed by atoms with Crippen molar-refractivity contribution in [1.29, 1.82) is 0 Å². The summed E-state index contributed by atoms with van der Waals surface area (Å²) in [5.41, 5.74) is 3.36. The summed E-state index contributed by atoms with van der Waals surface area (Å²) < 4.78 is 0. The second-order valence-corrected chi connectivity index (χ2v) is 6.21. The van der Waals surface area contributed by atoms with E-state index in [4.69, 9.17) is 0 Å². The number of carbonyl (C=O) groups is 2. The van der Waals surface area contributed by atoms with Crippen LogP contribution in [0.15, 0.2) is 48.5 Å². The van der Waals surface area contributed by atoms with Gasteiger partial charge in [0, 0.05) is 12.5 Å². The Bertz CT molecular complexity index is 706. The molecule has 0 saturated heterocycles. The van der Waals surface area contributed by atoms with Crippen LogP contribution in [-0.4, -0.2) is 17.9 Å². The summed E-state index contributed by atoms with van der Waals surface area (Å²) in [6.07, 6.45) is 1.05. The van der Waals surface area contributed by atoms with E-state index in [9.17, 15) is 9.59 Å². The third-order valence-corrected chi connectivity index (χ3v) is 3.63. The quantitative estimate of drug-likeness (QED) is 0.851. The summed E-state index contributed by atoms with van der Waals surface area (Å²) in [5.74, 6) is -0.278. The van der Waals surface area contributed by atoms with Gasteiger partial charge in [-0.25, -0.2) is 0 Å². The van der Waals surface area contributed by atoms with Crippen LogP contribution in [-0.2, 0) is 11.2 Å². The van der Waals surface area contributed by atoms with E-state index in [2.05, 4.69) is 10.6 Å². The fourth-order valence-electron chi connectivity index (χ4n) is 2.36. The van der Waals surface area contributed by atoms with Gasteiger partial charge in [0.05, 0.1) is 11.3 Å². The fraction of sp³-hybridized carbons (Fsp3) is 0.300. The highest BCUT2D eigenvalue weighted by Gasteiger charge is 2.13. The van der Waals surface area contributed by atoms with Crippen molar-refractivity contribution in [1.82, 2.24) is 5.32 Å². The molecule has 0 heterocycles. The number of aryl methyl sites for hydroxylation is 2. The lowest BCUT2D eigenvalue weighted by atomic mass is 10.1. The molecular weight excluding hydrogens is 300 g/mol. The summed E-state index contributed by atoms with van der Waals surface area (Å²) in [6, 6.07) is 15.3. The Balaban J connectivity index is 1.98. The molecule has 0 aliphatic heterocycles. The molecule has 0 saturated carbocycles. The molecule has 2 N–H and O–H groups in total. The van der Waals surface area contributed by atoms with Gasteiger partial charge in [0.2, 0.25) is 5.91 Å². The average Bonchev–Trinajstić information content (AvgIpc) is 2.54. The number of anilines is 1. The van der Waals surface area contributed by atoms with Gasteiger partial charge in [-0.3, -0.25) is 9.59 Å². The Kier molecular flexibility index (Phi) is 6.13. The Morgan fingerprint density at radius 2 is 1.67 bits per heavy atom. The summed E-state index contributed by atoms with van der Waals surface area (Å²) in [4.78, 5) is 24.4. The van der Waals surface area contributed by atoms with E-state index in [1.54, 1.807) is 18.2 Å². The SMILES string of the molecule is Cc1ccc(CCC(=O)Nc2ccccc2C(=O)NC(C)C)cc1. The molecule has 0 aliphatic carbocycles. The molecule has 0 aliphatic rings. The van der Waals surface area contributed by atoms with E-state index in [1.807, 2.05) is 51.1 Å². The highest BCUT2D eigenvalue weighted by molar-refractivity contribution is 6.03. The first-order valence-electron chi connectivity index (χ1n) is 8.21. The molecule has 24 heavy (non-hydrogen) atoms. The minimum absolute atomic E-state index is 0.0443. The first kappa shape index (κ1) is 17.7. The molecule has 0 radical (unpaired) electrons. The number of amides is 2. The number of carbonyl (C=O) groups excluding carboxylic acids is 2. The predicted molar refractivity (Wildman–Crippen MR) is 97.2 cm³/mol. The summed E-state index contributed by atoms with van der Waals surface area (Å²) in [5, 5.41) is 5.69. The smallest absolute Gasteiger partial charge is 0.253 e. The van der Waals surface area contributed by atoms with Gasteiger partial charge in [0.1, 0.15) is 0 Å². The largest absolute Gasteiger partial charge is 0.350 e. The second-order valence-electron chi connectivity index (χ2n) is 6.21. The topological polar surface area (TPSA) is 58.2 Å². The van der Waals surface area contributed by atoms with Crippen LogP contribution in [0.4, 0.5) is 5.69 Å². The van der Waals surface area contributed by atoms with E-state index in [1.165, 1.54) is 5.56 Å². The molecule has 0 spiro atoms. The molecule has 126 valence electrons. The zero-order valence-corrected chi connectivity index (χ0v) is 14.4. The second kappa shape index (κ2) is 8.29. The molecule has 4 heteroatoms. The average molecular weight is 324 g/mol. The normalized spacial score (nSPS) is 10.5. The molecule has 2 amide bonds. The zero-order valence-electron chi connectivity index (χ0n) is 14.4. The summed E-state index contributed by atoms with van der Waals surface area (Å²) in [6.45, 7) is 5.84. The van der Waals surface area contributed by atoms with Crippen LogP contribution in [0.25, 0.3) is 0 Å². The van der Waals surface area contributed by atoms with Crippen molar-refractivity contribution in [3.63, 3.8) is 0 Å². The van der Waals surface area contributed by atoms with Crippen molar-refractivity contribution in [2.24, 2.45) is 0 Å². The first-order chi connectivity index (χ1) is 11.5. The number of rotatable bonds is 6. The van der Waals surface area contributed by atoms with Gasteiger partial charge < -0.3 is 10.6 Å². The summed E-state index contributed by atoms with van der Waals surface area (Å²) in [7, 11) is 0. The van der Waals surface area contributed by atoms with Crippen LogP contribution in [0.5, 0.6) is 0 Å². The van der Waals surface area contributed by atoms with E-state index in [0.717, 1.165) is 5.56 Å². The third-order valence-electron chi connectivity index (χ3n) is 3.63. The molecule has 0 unspecified atom stereocenters. The van der Waals surface area contributed by atoms with Gasteiger partial charge in [-0.15, -0.1) is 0 Å². The van der Waals surface area contributed by atoms with Crippen LogP contribution in [0, 0.1) is 6.92 Å². The van der Waals surface area contributed by atoms with Crippen molar-refractivity contribution in [3.05, 3.63) is 65.2 Å². The lowest BCUT2D eigenvalue weighted by Gasteiger charge is -2.13. The number of benzene rings is 2. The number of hydrogen-bond acceptors (Lipinski definition) is 2. The Morgan fingerprint density at radius 1 is 1.00 bits per heavy atom. The van der Waals surface area contributed by atoms with E-state index in [-0.39, 0.29) is 17.9 Å². The maximum atomic E-state index is 12.2. The lowest BCUT2D eigenvalue weighted by Crippen LogP contribution is -2.31. The van der Waals surface area contributed by atoms with Gasteiger partial charge in [-0.1, -0.05) is 42.0 Å². The minimum Gasteiger partial charge on any atom is -0.350 e. The van der Waals surface area contributed by atoms with Crippen LogP contribution in [0.2, 0.25) is 0 Å². The lowest BCUT2D eigenvalue weighted by molar-refractivity contribution is -0.116. The van der Waals surface area contributed by atoms with Crippen molar-refractivity contribution in [3.8, 4) is 0 Å². The molecule has 0 aromatic heterocycles. The molecule has 2 rings (SSSR count). The van der Waals surface area contributed by atoms with Gasteiger partial charge in [0.15, 0.2) is 0 Å². The fourth-order valence-corrected chi connectivity index (χ4v) is 2.36. The Hall–Kier alpha value is -2.62. The van der Waals surface area contributed by atoms with Gasteiger partial charge in [0.25, 0.3) is 5.91 Å². The number of hydrogen-bond donors (Lipinski definition) is 2. The minimum atomic E-state index is -0.181. The van der Waals surface area contributed by atoms with Crippen LogP contribution in [0.3, 0.4) is 0 Å². The Morgan fingerprint density at radius 3 is 2.33 bits per heavy atom. The predicted octanol–water partition coefficient (Wildman–Crippen LogP) is 3.70. The third kappa shape index (κ3) is 5.23. The van der Waals surface area contributed by atoms with Crippen LogP contribution in [0.1, 0.15) is 41.8 Å². The molecule has 0 atom stereocenters. The van der Waals surface area contributed by atoms with Crippen molar-refractivity contribution >= 4 is 17.5 Å². The van der Waals surface area contributed by atoms with Crippen molar-refractivity contribution in [2.45, 2.75) is 39.7 Å². The monoisotopic (exact) mass is 324 g/mol. The van der Waals surface area contributed by atoms with Crippen molar-refractivity contribution in [2.75, 3.05) is 5.32 Å². The van der Waals surface area contributed by atoms with E-state index in [0.29, 0.717) is 24.1 Å². The number of para-hydroxylation sites is 1. The highest BCUT2D eigenvalue weighted by Crippen LogP contribution is 2.16. The highest BCUT2D eigenvalue weighted by atomic mass is 16.2.